The molecule has 1 saturated heterocycles. The summed E-state index contributed by atoms with van der Waals surface area (Å²) in [7, 11) is 0. The van der Waals surface area contributed by atoms with Crippen molar-refractivity contribution in [1.29, 1.82) is 0 Å². The normalized spacial score (nSPS) is 28.8. The van der Waals surface area contributed by atoms with Gasteiger partial charge in [0.1, 0.15) is 11.4 Å². The smallest absolute Gasteiger partial charge is 0.122 e. The largest absolute Gasteiger partial charge is 0.487 e. The highest BCUT2D eigenvalue weighted by Gasteiger charge is 2.37. The van der Waals surface area contributed by atoms with Crippen LogP contribution in [0.4, 0.5) is 0 Å². The number of rotatable bonds is 12. The molecule has 1 N–H and O–H groups in total. The molecule has 5 unspecified atom stereocenters. The van der Waals surface area contributed by atoms with Crippen LogP contribution in [0.2, 0.25) is 0 Å². The molecule has 0 saturated carbocycles. The molecule has 1 heterocycles. The van der Waals surface area contributed by atoms with Crippen LogP contribution in [0, 0.1) is 23.7 Å². The van der Waals surface area contributed by atoms with Crippen molar-refractivity contribution in [3.8, 4) is 0 Å². The lowest BCUT2D eigenvalue weighted by Gasteiger charge is -2.41. The standard InChI is InChI=1S/C28H50O2/c1-20(2)11-8-12-21(3)13-9-14-22(4)15-10-17-28(7)18-16-25-19-26(29)23(5)24(6)27(25)30-28/h19-23,26,29H,8-18H2,1-7H3. The molecule has 0 aromatic carbocycles. The third-order valence-electron chi connectivity index (χ3n) is 7.76. The molecule has 0 bridgehead atoms. The Balaban J connectivity index is 1.67. The van der Waals surface area contributed by atoms with Crippen molar-refractivity contribution in [2.75, 3.05) is 0 Å². The summed E-state index contributed by atoms with van der Waals surface area (Å²) in [6, 6.07) is 0. The van der Waals surface area contributed by atoms with Crippen molar-refractivity contribution >= 4 is 0 Å². The molecule has 30 heavy (non-hydrogen) atoms. The Labute approximate surface area is 187 Å². The zero-order valence-corrected chi connectivity index (χ0v) is 21.1. The van der Waals surface area contributed by atoms with Gasteiger partial charge in [-0.25, -0.2) is 0 Å². The van der Waals surface area contributed by atoms with E-state index >= 15 is 0 Å². The summed E-state index contributed by atoms with van der Waals surface area (Å²) < 4.78 is 6.56. The minimum atomic E-state index is -0.351. The van der Waals surface area contributed by atoms with E-state index in [4.69, 9.17) is 4.74 Å². The van der Waals surface area contributed by atoms with Crippen LogP contribution in [0.25, 0.3) is 0 Å². The highest BCUT2D eigenvalue weighted by Crippen LogP contribution is 2.43. The average Bonchev–Trinajstić information content (AvgIpc) is 2.67. The quantitative estimate of drug-likeness (QED) is 0.346. The fraction of sp³-hybridized carbons (Fsp3) is 0.857. The van der Waals surface area contributed by atoms with E-state index in [9.17, 15) is 5.11 Å². The van der Waals surface area contributed by atoms with Gasteiger partial charge in [-0.3, -0.25) is 0 Å². The van der Waals surface area contributed by atoms with Crippen LogP contribution in [0.1, 0.15) is 119 Å². The van der Waals surface area contributed by atoms with E-state index in [1.807, 2.05) is 6.08 Å². The molecule has 0 radical (unpaired) electrons. The zero-order valence-electron chi connectivity index (χ0n) is 21.1. The number of aliphatic hydroxyl groups excluding tert-OH is 1. The molecule has 5 atom stereocenters. The summed E-state index contributed by atoms with van der Waals surface area (Å²) in [4.78, 5) is 0. The van der Waals surface area contributed by atoms with Crippen LogP contribution in [-0.4, -0.2) is 16.8 Å². The van der Waals surface area contributed by atoms with Crippen molar-refractivity contribution in [3.05, 3.63) is 23.0 Å². The minimum Gasteiger partial charge on any atom is -0.487 e. The van der Waals surface area contributed by atoms with E-state index in [0.29, 0.717) is 0 Å². The summed E-state index contributed by atoms with van der Waals surface area (Å²) in [5.74, 6) is 3.81. The zero-order chi connectivity index (χ0) is 22.3. The summed E-state index contributed by atoms with van der Waals surface area (Å²) >= 11 is 0. The van der Waals surface area contributed by atoms with Gasteiger partial charge < -0.3 is 9.84 Å². The van der Waals surface area contributed by atoms with Crippen molar-refractivity contribution in [1.82, 2.24) is 0 Å². The molecule has 0 spiro atoms. The fourth-order valence-electron chi connectivity index (χ4n) is 5.16. The molecule has 2 nitrogen and oxygen atoms in total. The predicted molar refractivity (Wildman–Crippen MR) is 129 cm³/mol. The molecule has 174 valence electrons. The van der Waals surface area contributed by atoms with Gasteiger partial charge >= 0.3 is 0 Å². The monoisotopic (exact) mass is 418 g/mol. The Hall–Kier alpha value is -0.760. The number of aliphatic hydroxyl groups is 1. The molecular weight excluding hydrogens is 368 g/mol. The maximum atomic E-state index is 10.2. The summed E-state index contributed by atoms with van der Waals surface area (Å²) in [5.41, 5.74) is 2.41. The highest BCUT2D eigenvalue weighted by molar-refractivity contribution is 5.38. The van der Waals surface area contributed by atoms with Gasteiger partial charge in [-0.15, -0.1) is 0 Å². The first-order valence-corrected chi connectivity index (χ1v) is 12.9. The van der Waals surface area contributed by atoms with Gasteiger partial charge in [0.05, 0.1) is 6.10 Å². The topological polar surface area (TPSA) is 29.5 Å². The lowest BCUT2D eigenvalue weighted by atomic mass is 9.80. The van der Waals surface area contributed by atoms with E-state index < -0.39 is 0 Å². The fourth-order valence-corrected chi connectivity index (χ4v) is 5.16. The number of fused-ring (bicyclic) bond motifs is 1. The van der Waals surface area contributed by atoms with Gasteiger partial charge in [0, 0.05) is 5.92 Å². The van der Waals surface area contributed by atoms with E-state index in [1.54, 1.807) is 0 Å². The Morgan fingerprint density at radius 2 is 1.57 bits per heavy atom. The van der Waals surface area contributed by atoms with Crippen LogP contribution in [0.5, 0.6) is 0 Å². The Morgan fingerprint density at radius 3 is 2.17 bits per heavy atom. The van der Waals surface area contributed by atoms with E-state index in [1.165, 1.54) is 62.5 Å². The maximum absolute atomic E-state index is 10.2. The first-order chi connectivity index (χ1) is 14.1. The molecule has 2 aliphatic rings. The van der Waals surface area contributed by atoms with Crippen LogP contribution >= 0.6 is 0 Å². The van der Waals surface area contributed by atoms with Gasteiger partial charge in [-0.05, 0) is 74.5 Å². The molecule has 2 heteroatoms. The molecule has 0 aromatic heterocycles. The van der Waals surface area contributed by atoms with Crippen molar-refractivity contribution in [2.24, 2.45) is 23.7 Å². The van der Waals surface area contributed by atoms with Crippen molar-refractivity contribution in [2.45, 2.75) is 131 Å². The summed E-state index contributed by atoms with van der Waals surface area (Å²) in [5, 5.41) is 10.2. The molecule has 1 aliphatic heterocycles. The minimum absolute atomic E-state index is 0.0411. The maximum Gasteiger partial charge on any atom is 0.122 e. The lowest BCUT2D eigenvalue weighted by Crippen LogP contribution is -2.36. The Bertz CT molecular complexity index is 587. The van der Waals surface area contributed by atoms with Crippen molar-refractivity contribution in [3.63, 3.8) is 0 Å². The molecule has 1 aliphatic carbocycles. The van der Waals surface area contributed by atoms with E-state index in [-0.39, 0.29) is 17.6 Å². The molecule has 0 aromatic rings. The van der Waals surface area contributed by atoms with E-state index in [2.05, 4.69) is 48.5 Å². The SMILES string of the molecule is CC1=C2OC(C)(CCCC(C)CCCC(C)CCCC(C)C)CCC2=CC(O)C1C. The summed E-state index contributed by atoms with van der Waals surface area (Å²) in [6.07, 6.45) is 15.8. The number of hydrogen-bond donors (Lipinski definition) is 1. The number of allylic oxidation sites excluding steroid dienone is 1. The van der Waals surface area contributed by atoms with Crippen LogP contribution in [0.3, 0.4) is 0 Å². The van der Waals surface area contributed by atoms with Crippen LogP contribution in [-0.2, 0) is 4.74 Å². The lowest BCUT2D eigenvalue weighted by molar-refractivity contribution is -0.0165. The molecular formula is C28H50O2. The second-order valence-corrected chi connectivity index (χ2v) is 11.4. The third kappa shape index (κ3) is 7.74. The predicted octanol–water partition coefficient (Wildman–Crippen LogP) is 8.21. The van der Waals surface area contributed by atoms with Crippen LogP contribution in [0.15, 0.2) is 23.0 Å². The van der Waals surface area contributed by atoms with Gasteiger partial charge in [0.2, 0.25) is 0 Å². The second-order valence-electron chi connectivity index (χ2n) is 11.4. The summed E-state index contributed by atoms with van der Waals surface area (Å²) in [6.45, 7) is 16.1. The number of ether oxygens (including phenoxy) is 1. The van der Waals surface area contributed by atoms with Gasteiger partial charge in [0.15, 0.2) is 0 Å². The molecule has 2 rings (SSSR count). The highest BCUT2D eigenvalue weighted by atomic mass is 16.5. The third-order valence-corrected chi connectivity index (χ3v) is 7.76. The molecule has 0 amide bonds. The Morgan fingerprint density at radius 1 is 1.00 bits per heavy atom. The first-order valence-electron chi connectivity index (χ1n) is 12.9. The van der Waals surface area contributed by atoms with Crippen molar-refractivity contribution < 1.29 is 9.84 Å². The van der Waals surface area contributed by atoms with Gasteiger partial charge in [-0.2, -0.15) is 0 Å². The average molecular weight is 419 g/mol. The molecule has 1 fully saturated rings. The Kier molecular flexibility index (Phi) is 9.98. The first kappa shape index (κ1) is 25.5. The number of hydrogen-bond acceptors (Lipinski definition) is 2. The second kappa shape index (κ2) is 11.7. The van der Waals surface area contributed by atoms with E-state index in [0.717, 1.165) is 42.8 Å². The van der Waals surface area contributed by atoms with Gasteiger partial charge in [0.25, 0.3) is 0 Å². The van der Waals surface area contributed by atoms with Gasteiger partial charge in [-0.1, -0.05) is 79.6 Å². The van der Waals surface area contributed by atoms with Crippen LogP contribution < -0.4 is 0 Å².